The molecule has 0 unspecified atom stereocenters. The van der Waals surface area contributed by atoms with E-state index >= 15 is 0 Å². The maximum absolute atomic E-state index is 9.29. The van der Waals surface area contributed by atoms with E-state index in [9.17, 15) is 1.37 Å². The topological polar surface area (TPSA) is 56.7 Å². The molecule has 0 atom stereocenters. The largest absolute Gasteiger partial charge is 0.456 e. The molecule has 0 aliphatic rings. The van der Waals surface area contributed by atoms with E-state index in [1.807, 2.05) is 89.5 Å². The van der Waals surface area contributed by atoms with Crippen LogP contribution in [0.25, 0.3) is 105 Å². The summed E-state index contributed by atoms with van der Waals surface area (Å²) in [6, 6.07) is 43.7. The first kappa shape index (κ1) is 24.0. The summed E-state index contributed by atoms with van der Waals surface area (Å²) < 4.78 is 69.2. The van der Waals surface area contributed by atoms with Crippen LogP contribution in [0.5, 0.6) is 0 Å². The third-order valence-corrected chi connectivity index (χ3v) is 10.00. The van der Waals surface area contributed by atoms with Crippen molar-refractivity contribution in [2.45, 2.75) is 0 Å². The van der Waals surface area contributed by atoms with E-state index in [1.165, 1.54) is 10.8 Å². The summed E-state index contributed by atoms with van der Waals surface area (Å²) in [6.07, 6.45) is 0. The molecule has 0 bridgehead atoms. The molecule has 5 nitrogen and oxygen atoms in total. The van der Waals surface area contributed by atoms with Crippen LogP contribution in [0.2, 0.25) is 0 Å². The molecule has 0 radical (unpaired) electrons. The number of rotatable bonds is 5. The molecule has 0 amide bonds. The smallest absolute Gasteiger partial charge is 0.238 e. The van der Waals surface area contributed by atoms with Crippen LogP contribution in [0.15, 0.2) is 186 Å². The zero-order valence-corrected chi connectivity index (χ0v) is 28.5. The summed E-state index contributed by atoms with van der Waals surface area (Å²) in [7, 11) is 0. The molecule has 0 aliphatic heterocycles. The minimum atomic E-state index is -0.499. The Morgan fingerprint density at radius 1 is 0.444 bits per heavy atom. The summed E-state index contributed by atoms with van der Waals surface area (Å²) in [5.74, 6) is 0.470. The lowest BCUT2D eigenvalue weighted by atomic mass is 9.97. The zero-order chi connectivity index (χ0) is 41.7. The maximum atomic E-state index is 9.29. The zero-order valence-electron chi connectivity index (χ0n) is 35.5. The van der Waals surface area contributed by atoms with Crippen LogP contribution in [0.4, 0.5) is 0 Å². The van der Waals surface area contributed by atoms with Gasteiger partial charge in [0.2, 0.25) is 5.95 Å². The highest BCUT2D eigenvalue weighted by molar-refractivity contribution is 6.12. The van der Waals surface area contributed by atoms with Gasteiger partial charge in [0, 0.05) is 32.7 Å². The standard InChI is InChI=1S/C49H30N4O/c1-2-12-34-29-36(28-27-31(34)11-1)33-25-23-32(24-26-33)35-13-9-14-37(30-35)47-50-48(41-18-10-22-45-46(41)40-17-5-8-21-44(40)54-45)52-49(51-47)53-42-19-6-3-15-38(42)39-16-4-7-20-43(39)53/h1-30H/i5D,8D,10D,17D,18D,21D,22D. The van der Waals surface area contributed by atoms with Gasteiger partial charge in [0.1, 0.15) is 11.2 Å². The lowest BCUT2D eigenvalue weighted by Gasteiger charge is -2.12. The first-order valence-corrected chi connectivity index (χ1v) is 17.5. The van der Waals surface area contributed by atoms with Crippen molar-refractivity contribution in [3.8, 4) is 51.0 Å². The third kappa shape index (κ3) is 4.90. The fraction of sp³-hybridized carbons (Fsp3) is 0. The Morgan fingerprint density at radius 2 is 1.07 bits per heavy atom. The third-order valence-electron chi connectivity index (χ3n) is 10.00. The van der Waals surface area contributed by atoms with Gasteiger partial charge in [-0.05, 0) is 69.4 Å². The number of hydrogen-bond acceptors (Lipinski definition) is 4. The lowest BCUT2D eigenvalue weighted by Crippen LogP contribution is -2.06. The van der Waals surface area contributed by atoms with E-state index in [-0.39, 0.29) is 45.1 Å². The summed E-state index contributed by atoms with van der Waals surface area (Å²) in [6.45, 7) is 0. The molecule has 5 heteroatoms. The van der Waals surface area contributed by atoms with Crippen molar-refractivity contribution < 1.29 is 14.0 Å². The van der Waals surface area contributed by atoms with Gasteiger partial charge in [0.15, 0.2) is 11.6 Å². The van der Waals surface area contributed by atoms with E-state index in [4.69, 9.17) is 27.6 Å². The van der Waals surface area contributed by atoms with Crippen molar-refractivity contribution >= 4 is 54.5 Å². The molecule has 0 aliphatic carbocycles. The predicted molar refractivity (Wildman–Crippen MR) is 221 cm³/mol. The van der Waals surface area contributed by atoms with Gasteiger partial charge >= 0.3 is 0 Å². The van der Waals surface area contributed by atoms with Gasteiger partial charge < -0.3 is 4.42 Å². The lowest BCUT2D eigenvalue weighted by molar-refractivity contribution is 0.669. The number of hydrogen-bond donors (Lipinski definition) is 0. The summed E-state index contributed by atoms with van der Waals surface area (Å²) in [5.41, 5.74) is 6.04. The van der Waals surface area contributed by atoms with Gasteiger partial charge in [-0.1, -0.05) is 145 Å². The van der Waals surface area contributed by atoms with Crippen LogP contribution in [0.3, 0.4) is 0 Å². The van der Waals surface area contributed by atoms with Gasteiger partial charge in [0.05, 0.1) is 20.6 Å². The van der Waals surface area contributed by atoms with Crippen molar-refractivity contribution in [1.29, 1.82) is 0 Å². The summed E-state index contributed by atoms with van der Waals surface area (Å²) in [5, 5.41) is 4.34. The average molecular weight is 698 g/mol. The minimum absolute atomic E-state index is 0.00844. The Balaban J connectivity index is 1.14. The van der Waals surface area contributed by atoms with Crippen molar-refractivity contribution in [3.63, 3.8) is 0 Å². The highest BCUT2D eigenvalue weighted by Crippen LogP contribution is 2.38. The monoisotopic (exact) mass is 697 g/mol. The molecule has 3 aromatic heterocycles. The molecule has 8 aromatic carbocycles. The van der Waals surface area contributed by atoms with Gasteiger partial charge in [-0.2, -0.15) is 9.97 Å². The molecular formula is C49H30N4O. The molecule has 0 fully saturated rings. The van der Waals surface area contributed by atoms with Crippen LogP contribution in [-0.4, -0.2) is 19.5 Å². The van der Waals surface area contributed by atoms with Crippen molar-refractivity contribution in [2.24, 2.45) is 0 Å². The van der Waals surface area contributed by atoms with Crippen LogP contribution < -0.4 is 0 Å². The van der Waals surface area contributed by atoms with Gasteiger partial charge in [-0.25, -0.2) is 4.98 Å². The maximum Gasteiger partial charge on any atom is 0.238 e. The number of furan rings is 1. The first-order chi connectivity index (χ1) is 29.7. The summed E-state index contributed by atoms with van der Waals surface area (Å²) in [4.78, 5) is 15.1. The summed E-state index contributed by atoms with van der Waals surface area (Å²) >= 11 is 0. The Morgan fingerprint density at radius 3 is 1.87 bits per heavy atom. The molecule has 54 heavy (non-hydrogen) atoms. The first-order valence-electron chi connectivity index (χ1n) is 21.0. The van der Waals surface area contributed by atoms with Gasteiger partial charge in [-0.3, -0.25) is 4.57 Å². The normalized spacial score (nSPS) is 13.5. The molecule has 11 rings (SSSR count). The Kier molecular flexibility index (Phi) is 5.38. The van der Waals surface area contributed by atoms with E-state index in [0.29, 0.717) is 5.56 Å². The Labute approximate surface area is 320 Å². The quantitative estimate of drug-likeness (QED) is 0.180. The van der Waals surface area contributed by atoms with Crippen LogP contribution >= 0.6 is 0 Å². The highest BCUT2D eigenvalue weighted by Gasteiger charge is 2.20. The molecular weight excluding hydrogens is 661 g/mol. The second kappa shape index (κ2) is 12.1. The van der Waals surface area contributed by atoms with Crippen molar-refractivity contribution in [2.75, 3.05) is 0 Å². The molecule has 0 saturated heterocycles. The molecule has 0 N–H and O–H groups in total. The fourth-order valence-electron chi connectivity index (χ4n) is 7.43. The van der Waals surface area contributed by atoms with E-state index in [0.717, 1.165) is 44.1 Å². The van der Waals surface area contributed by atoms with Crippen LogP contribution in [0.1, 0.15) is 9.60 Å². The number of nitrogens with zero attached hydrogens (tertiary/aromatic N) is 4. The number of para-hydroxylation sites is 3. The fourth-order valence-corrected chi connectivity index (χ4v) is 7.43. The average Bonchev–Trinajstić information content (AvgIpc) is 3.86. The number of benzene rings is 8. The van der Waals surface area contributed by atoms with E-state index in [1.54, 1.807) is 0 Å². The molecule has 3 heterocycles. The van der Waals surface area contributed by atoms with Gasteiger partial charge in [0.25, 0.3) is 0 Å². The number of aromatic nitrogens is 4. The predicted octanol–water partition coefficient (Wildman–Crippen LogP) is 12.7. The van der Waals surface area contributed by atoms with Crippen molar-refractivity contribution in [3.05, 3.63) is 182 Å². The van der Waals surface area contributed by atoms with Crippen LogP contribution in [0, 0.1) is 0 Å². The highest BCUT2D eigenvalue weighted by atomic mass is 16.3. The van der Waals surface area contributed by atoms with Gasteiger partial charge in [-0.15, -0.1) is 0 Å². The second-order valence-electron chi connectivity index (χ2n) is 13.1. The molecule has 0 spiro atoms. The van der Waals surface area contributed by atoms with E-state index < -0.39 is 42.3 Å². The molecule has 0 saturated carbocycles. The molecule has 11 aromatic rings. The Hall–Kier alpha value is -7.37. The second-order valence-corrected chi connectivity index (χ2v) is 13.1. The van der Waals surface area contributed by atoms with Crippen LogP contribution in [-0.2, 0) is 0 Å². The molecule has 252 valence electrons. The number of fused-ring (bicyclic) bond motifs is 7. The SMILES string of the molecule is [2H]c1c([2H])c([2H])c2c(oc3c([2H])c([2H])c([2H])c(-c4nc(-c5cccc(-c6ccc(-c7ccc8ccccc8c7)cc6)c5)nc(-n5c6ccccc6c6ccccc65)n4)c32)c1[2H]. The van der Waals surface area contributed by atoms with Crippen molar-refractivity contribution in [1.82, 2.24) is 19.5 Å². The Bertz CT molecular complexity index is 3580. The van der Waals surface area contributed by atoms with E-state index in [2.05, 4.69) is 54.6 Å². The minimum Gasteiger partial charge on any atom is -0.456 e.